The fourth-order valence-corrected chi connectivity index (χ4v) is 1.75. The molecule has 0 aliphatic carbocycles. The van der Waals surface area contributed by atoms with E-state index in [0.29, 0.717) is 0 Å². The van der Waals surface area contributed by atoms with Crippen LogP contribution in [0.25, 0.3) is 11.3 Å². The van der Waals surface area contributed by atoms with Gasteiger partial charge in [0.15, 0.2) is 5.82 Å². The Morgan fingerprint density at radius 2 is 2.18 bits per heavy atom. The van der Waals surface area contributed by atoms with Crippen molar-refractivity contribution in [1.29, 1.82) is 0 Å². The molecule has 2 aromatic rings. The summed E-state index contributed by atoms with van der Waals surface area (Å²) in [5.74, 6) is -0.366. The first kappa shape index (κ1) is 11.5. The van der Waals surface area contributed by atoms with Gasteiger partial charge in [0.25, 0.3) is 0 Å². The number of nitrogens with zero attached hydrogens (tertiary/aromatic N) is 2. The summed E-state index contributed by atoms with van der Waals surface area (Å²) in [5, 5.41) is 0. The third-order valence-electron chi connectivity index (χ3n) is 2.50. The van der Waals surface area contributed by atoms with Crippen molar-refractivity contribution in [3.63, 3.8) is 0 Å². The first-order valence-corrected chi connectivity index (χ1v) is 5.58. The second kappa shape index (κ2) is 4.91. The van der Waals surface area contributed by atoms with Crippen LogP contribution in [0, 0.1) is 5.82 Å². The molecule has 2 N–H and O–H groups in total. The zero-order chi connectivity index (χ0) is 12.3. The monoisotopic (exact) mass is 231 g/mol. The molecule has 0 unspecified atom stereocenters. The van der Waals surface area contributed by atoms with Crippen LogP contribution in [0.2, 0.25) is 0 Å². The maximum atomic E-state index is 13.6. The van der Waals surface area contributed by atoms with E-state index in [1.807, 2.05) is 24.3 Å². The summed E-state index contributed by atoms with van der Waals surface area (Å²) in [6.45, 7) is 2.11. The van der Waals surface area contributed by atoms with E-state index < -0.39 is 5.82 Å². The minimum Gasteiger partial charge on any atom is -0.368 e. The third-order valence-corrected chi connectivity index (χ3v) is 2.50. The number of nitrogens with two attached hydrogens (primary N) is 1. The molecule has 88 valence electrons. The molecule has 0 aliphatic rings. The molecule has 0 bridgehead atoms. The Morgan fingerprint density at radius 3 is 2.94 bits per heavy atom. The molecular formula is C13H14FN3. The van der Waals surface area contributed by atoms with Crippen molar-refractivity contribution in [2.75, 3.05) is 5.73 Å². The van der Waals surface area contributed by atoms with Crippen LogP contribution < -0.4 is 5.73 Å². The Labute approximate surface area is 99.5 Å². The fourth-order valence-electron chi connectivity index (χ4n) is 1.75. The average molecular weight is 231 g/mol. The molecular weight excluding hydrogens is 217 g/mol. The molecule has 1 aromatic heterocycles. The maximum Gasteiger partial charge on any atom is 0.220 e. The molecule has 4 heteroatoms. The van der Waals surface area contributed by atoms with E-state index in [0.717, 1.165) is 24.6 Å². The van der Waals surface area contributed by atoms with E-state index in [1.54, 1.807) is 0 Å². The summed E-state index contributed by atoms with van der Waals surface area (Å²) < 4.78 is 13.6. The number of halogens is 1. The Kier molecular flexibility index (Phi) is 3.32. The number of hydrogen-bond donors (Lipinski definition) is 1. The molecule has 0 amide bonds. The molecule has 2 rings (SSSR count). The van der Waals surface area contributed by atoms with Gasteiger partial charge in [0.1, 0.15) is 5.69 Å². The second-order valence-electron chi connectivity index (χ2n) is 3.88. The van der Waals surface area contributed by atoms with E-state index in [2.05, 4.69) is 16.9 Å². The minimum absolute atomic E-state index is 0.0855. The van der Waals surface area contributed by atoms with Crippen LogP contribution in [0.4, 0.5) is 10.3 Å². The van der Waals surface area contributed by atoms with Crippen molar-refractivity contribution in [2.24, 2.45) is 0 Å². The molecule has 3 nitrogen and oxygen atoms in total. The highest BCUT2D eigenvalue weighted by atomic mass is 19.1. The van der Waals surface area contributed by atoms with Gasteiger partial charge in [-0.25, -0.2) is 14.4 Å². The van der Waals surface area contributed by atoms with Gasteiger partial charge in [0.05, 0.1) is 6.20 Å². The zero-order valence-electron chi connectivity index (χ0n) is 9.65. The second-order valence-corrected chi connectivity index (χ2v) is 3.88. The fraction of sp³-hybridized carbons (Fsp3) is 0.231. The average Bonchev–Trinajstić information content (AvgIpc) is 2.33. The number of aromatic nitrogens is 2. The van der Waals surface area contributed by atoms with Gasteiger partial charge in [-0.05, 0) is 18.1 Å². The van der Waals surface area contributed by atoms with E-state index >= 15 is 0 Å². The molecule has 0 spiro atoms. The maximum absolute atomic E-state index is 13.6. The highest BCUT2D eigenvalue weighted by Crippen LogP contribution is 2.22. The standard InChI is InChI=1S/C13H14FN3/c1-2-4-9-5-3-6-10(7-9)12-11(14)8-16-13(15)17-12/h3,5-8H,2,4H2,1H3,(H2,15,16,17). The largest absolute Gasteiger partial charge is 0.368 e. The lowest BCUT2D eigenvalue weighted by Crippen LogP contribution is -1.99. The Hall–Kier alpha value is -1.97. The molecule has 0 radical (unpaired) electrons. The van der Waals surface area contributed by atoms with Crippen LogP contribution in [-0.4, -0.2) is 9.97 Å². The van der Waals surface area contributed by atoms with Crippen molar-refractivity contribution in [3.8, 4) is 11.3 Å². The number of benzene rings is 1. The number of nitrogen functional groups attached to an aromatic ring is 1. The molecule has 0 saturated heterocycles. The van der Waals surface area contributed by atoms with Gasteiger partial charge in [-0.3, -0.25) is 0 Å². The lowest BCUT2D eigenvalue weighted by Gasteiger charge is -2.05. The van der Waals surface area contributed by atoms with E-state index in [-0.39, 0.29) is 11.6 Å². The summed E-state index contributed by atoms with van der Waals surface area (Å²) in [4.78, 5) is 7.55. The Bertz CT molecular complexity index is 526. The molecule has 1 heterocycles. The minimum atomic E-state index is -0.451. The summed E-state index contributed by atoms with van der Waals surface area (Å²) in [7, 11) is 0. The Balaban J connectivity index is 2.45. The van der Waals surface area contributed by atoms with Crippen LogP contribution in [0.3, 0.4) is 0 Å². The quantitative estimate of drug-likeness (QED) is 0.883. The van der Waals surface area contributed by atoms with Gasteiger partial charge >= 0.3 is 0 Å². The third kappa shape index (κ3) is 2.58. The number of anilines is 1. The van der Waals surface area contributed by atoms with Crippen molar-refractivity contribution in [1.82, 2.24) is 9.97 Å². The van der Waals surface area contributed by atoms with Crippen molar-refractivity contribution < 1.29 is 4.39 Å². The zero-order valence-corrected chi connectivity index (χ0v) is 9.65. The van der Waals surface area contributed by atoms with Crippen LogP contribution in [-0.2, 0) is 6.42 Å². The molecule has 17 heavy (non-hydrogen) atoms. The predicted molar refractivity (Wildman–Crippen MR) is 65.8 cm³/mol. The van der Waals surface area contributed by atoms with Crippen LogP contribution in [0.15, 0.2) is 30.5 Å². The highest BCUT2D eigenvalue weighted by molar-refractivity contribution is 5.61. The molecule has 0 saturated carbocycles. The van der Waals surface area contributed by atoms with Crippen LogP contribution >= 0.6 is 0 Å². The van der Waals surface area contributed by atoms with Gasteiger partial charge in [-0.15, -0.1) is 0 Å². The van der Waals surface area contributed by atoms with Crippen LogP contribution in [0.5, 0.6) is 0 Å². The van der Waals surface area contributed by atoms with Gasteiger partial charge in [-0.1, -0.05) is 31.5 Å². The van der Waals surface area contributed by atoms with Crippen molar-refractivity contribution in [2.45, 2.75) is 19.8 Å². The van der Waals surface area contributed by atoms with Gasteiger partial charge in [-0.2, -0.15) is 0 Å². The first-order valence-electron chi connectivity index (χ1n) is 5.58. The molecule has 1 aromatic carbocycles. The predicted octanol–water partition coefficient (Wildman–Crippen LogP) is 2.82. The number of aryl methyl sites for hydroxylation is 1. The highest BCUT2D eigenvalue weighted by Gasteiger charge is 2.08. The lowest BCUT2D eigenvalue weighted by atomic mass is 10.0. The summed E-state index contributed by atoms with van der Waals surface area (Å²) in [6, 6.07) is 7.69. The normalized spacial score (nSPS) is 10.5. The molecule has 0 aliphatic heterocycles. The lowest BCUT2D eigenvalue weighted by molar-refractivity contribution is 0.619. The van der Waals surface area contributed by atoms with E-state index in [9.17, 15) is 4.39 Å². The molecule has 0 fully saturated rings. The summed E-state index contributed by atoms with van der Waals surface area (Å²) >= 11 is 0. The molecule has 0 atom stereocenters. The van der Waals surface area contributed by atoms with Gasteiger partial charge < -0.3 is 5.73 Å². The Morgan fingerprint density at radius 1 is 1.35 bits per heavy atom. The smallest absolute Gasteiger partial charge is 0.220 e. The van der Waals surface area contributed by atoms with E-state index in [1.165, 1.54) is 5.56 Å². The van der Waals surface area contributed by atoms with E-state index in [4.69, 9.17) is 5.73 Å². The SMILES string of the molecule is CCCc1cccc(-c2nc(N)ncc2F)c1. The van der Waals surface area contributed by atoms with Crippen molar-refractivity contribution >= 4 is 5.95 Å². The van der Waals surface area contributed by atoms with Gasteiger partial charge in [0, 0.05) is 5.56 Å². The van der Waals surface area contributed by atoms with Crippen molar-refractivity contribution in [3.05, 3.63) is 41.8 Å². The number of rotatable bonds is 3. The van der Waals surface area contributed by atoms with Gasteiger partial charge in [0.2, 0.25) is 5.95 Å². The summed E-state index contributed by atoms with van der Waals surface area (Å²) in [6.07, 6.45) is 3.12. The van der Waals surface area contributed by atoms with Crippen LogP contribution in [0.1, 0.15) is 18.9 Å². The topological polar surface area (TPSA) is 51.8 Å². The summed E-state index contributed by atoms with van der Waals surface area (Å²) in [5.41, 5.74) is 7.64. The first-order chi connectivity index (χ1) is 8.20. The number of hydrogen-bond acceptors (Lipinski definition) is 3.